The molecule has 2 aromatic heterocycles. The number of piperidine rings is 1. The first-order valence-electron chi connectivity index (χ1n) is 6.60. The van der Waals surface area contributed by atoms with Gasteiger partial charge in [0.25, 0.3) is 0 Å². The molecular formula is C11H15ClN6O2S. The van der Waals surface area contributed by atoms with Crippen LogP contribution < -0.4 is 4.72 Å². The highest BCUT2D eigenvalue weighted by molar-refractivity contribution is 7.90. The van der Waals surface area contributed by atoms with E-state index >= 15 is 0 Å². The molecule has 3 rings (SSSR count). The van der Waals surface area contributed by atoms with E-state index in [1.165, 1.54) is 10.6 Å². The molecule has 1 saturated heterocycles. The number of fused-ring (bicyclic) bond motifs is 1. The summed E-state index contributed by atoms with van der Waals surface area (Å²) < 4.78 is 28.5. The Kier molecular flexibility index (Phi) is 3.72. The van der Waals surface area contributed by atoms with Crippen LogP contribution in [-0.2, 0) is 10.2 Å². The van der Waals surface area contributed by atoms with Gasteiger partial charge in [-0.15, -0.1) is 0 Å². The Balaban J connectivity index is 1.86. The van der Waals surface area contributed by atoms with Gasteiger partial charge in [-0.05, 0) is 18.8 Å². The average Bonchev–Trinajstić information content (AvgIpc) is 2.87. The highest BCUT2D eigenvalue weighted by Gasteiger charge is 2.28. The third-order valence-corrected chi connectivity index (χ3v) is 5.15. The minimum Gasteiger partial charge on any atom is -0.341 e. The topological polar surface area (TPSA) is 104 Å². The van der Waals surface area contributed by atoms with E-state index in [0.29, 0.717) is 30.2 Å². The van der Waals surface area contributed by atoms with Crippen molar-refractivity contribution in [2.45, 2.75) is 19.8 Å². The molecular weight excluding hydrogens is 316 g/mol. The lowest BCUT2D eigenvalue weighted by molar-refractivity contribution is 0.282. The Hall–Kier alpha value is -1.45. The molecule has 1 aliphatic rings. The van der Waals surface area contributed by atoms with Gasteiger partial charge in [0, 0.05) is 13.1 Å². The maximum absolute atomic E-state index is 12.3. The number of aromatic amines is 1. The van der Waals surface area contributed by atoms with Crippen molar-refractivity contribution < 1.29 is 8.42 Å². The van der Waals surface area contributed by atoms with Crippen molar-refractivity contribution in [1.82, 2.24) is 24.2 Å². The number of aromatic nitrogens is 4. The van der Waals surface area contributed by atoms with Gasteiger partial charge in [0.15, 0.2) is 10.8 Å². The van der Waals surface area contributed by atoms with Gasteiger partial charge in [-0.25, -0.2) is 9.71 Å². The van der Waals surface area contributed by atoms with Crippen molar-refractivity contribution in [3.8, 4) is 0 Å². The number of hydrogen-bond donors (Lipinski definition) is 2. The molecule has 2 aromatic rings. The predicted octanol–water partition coefficient (Wildman–Crippen LogP) is 1.39. The third-order valence-electron chi connectivity index (χ3n) is 3.42. The lowest BCUT2D eigenvalue weighted by Gasteiger charge is -2.29. The Morgan fingerprint density at radius 1 is 1.48 bits per heavy atom. The first-order chi connectivity index (χ1) is 9.95. The number of H-pyrrole nitrogens is 1. The molecule has 0 aromatic carbocycles. The molecule has 0 saturated carbocycles. The van der Waals surface area contributed by atoms with Gasteiger partial charge in [-0.2, -0.15) is 22.7 Å². The molecule has 114 valence electrons. The van der Waals surface area contributed by atoms with E-state index in [9.17, 15) is 8.42 Å². The molecule has 0 radical (unpaired) electrons. The first kappa shape index (κ1) is 14.5. The standard InChI is InChI=1S/C11H15ClN6O2S/c1-7-3-2-4-18(5-7)21(19,20)17-11-15-9(12)8-10(16-11)14-6-13-8/h6-7H,2-5H2,1H3,(H2,13,14,15,16,17). The Bertz CT molecular complexity index is 761. The first-order valence-corrected chi connectivity index (χ1v) is 8.42. The third kappa shape index (κ3) is 2.94. The SMILES string of the molecule is CC1CCCN(S(=O)(=O)Nc2nc(Cl)c3[nH]cnc3n2)C1. The molecule has 2 N–H and O–H groups in total. The van der Waals surface area contributed by atoms with Gasteiger partial charge in [-0.3, -0.25) is 0 Å². The second-order valence-electron chi connectivity index (χ2n) is 5.15. The van der Waals surface area contributed by atoms with Gasteiger partial charge < -0.3 is 4.98 Å². The van der Waals surface area contributed by atoms with Crippen molar-refractivity contribution in [1.29, 1.82) is 0 Å². The quantitative estimate of drug-likeness (QED) is 0.828. The minimum absolute atomic E-state index is 0.0715. The van der Waals surface area contributed by atoms with Gasteiger partial charge in [0.1, 0.15) is 5.52 Å². The summed E-state index contributed by atoms with van der Waals surface area (Å²) in [7, 11) is -3.68. The fourth-order valence-electron chi connectivity index (χ4n) is 2.39. The van der Waals surface area contributed by atoms with Gasteiger partial charge >= 0.3 is 10.2 Å². The molecule has 1 atom stereocenters. The fraction of sp³-hybridized carbons (Fsp3) is 0.545. The van der Waals surface area contributed by atoms with Crippen molar-refractivity contribution in [2.24, 2.45) is 5.92 Å². The number of halogens is 1. The van der Waals surface area contributed by atoms with Crippen LogP contribution in [-0.4, -0.2) is 45.7 Å². The van der Waals surface area contributed by atoms with E-state index < -0.39 is 10.2 Å². The zero-order valence-corrected chi connectivity index (χ0v) is 12.9. The predicted molar refractivity (Wildman–Crippen MR) is 79.2 cm³/mol. The summed E-state index contributed by atoms with van der Waals surface area (Å²) in [5, 5.41) is 0.127. The zero-order valence-electron chi connectivity index (χ0n) is 11.4. The van der Waals surface area contributed by atoms with Crippen molar-refractivity contribution in [3.05, 3.63) is 11.5 Å². The van der Waals surface area contributed by atoms with E-state index in [4.69, 9.17) is 11.6 Å². The maximum atomic E-state index is 12.3. The summed E-state index contributed by atoms with van der Waals surface area (Å²) >= 11 is 5.97. The van der Waals surface area contributed by atoms with Crippen LogP contribution >= 0.6 is 11.6 Å². The summed E-state index contributed by atoms with van der Waals surface area (Å²) in [6.45, 7) is 3.02. The van der Waals surface area contributed by atoms with Crippen LogP contribution in [0.3, 0.4) is 0 Å². The Labute approximate surface area is 127 Å². The molecule has 1 fully saturated rings. The summed E-state index contributed by atoms with van der Waals surface area (Å²) in [6, 6.07) is 0. The zero-order chi connectivity index (χ0) is 15.0. The summed E-state index contributed by atoms with van der Waals surface area (Å²) in [5.74, 6) is 0.270. The van der Waals surface area contributed by atoms with Crippen LogP contribution in [0.5, 0.6) is 0 Å². The number of nitrogens with zero attached hydrogens (tertiary/aromatic N) is 4. The maximum Gasteiger partial charge on any atom is 0.303 e. The smallest absolute Gasteiger partial charge is 0.303 e. The number of nitrogens with one attached hydrogen (secondary N) is 2. The van der Waals surface area contributed by atoms with E-state index in [2.05, 4.69) is 24.7 Å². The average molecular weight is 331 g/mol. The molecule has 3 heterocycles. The van der Waals surface area contributed by atoms with Crippen LogP contribution in [0.4, 0.5) is 5.95 Å². The van der Waals surface area contributed by atoms with Crippen molar-refractivity contribution in [2.75, 3.05) is 17.8 Å². The van der Waals surface area contributed by atoms with E-state index in [1.54, 1.807) is 0 Å². The minimum atomic E-state index is -3.68. The van der Waals surface area contributed by atoms with E-state index in [-0.39, 0.29) is 11.1 Å². The number of anilines is 1. The fourth-order valence-corrected chi connectivity index (χ4v) is 3.88. The molecule has 21 heavy (non-hydrogen) atoms. The lowest BCUT2D eigenvalue weighted by Crippen LogP contribution is -2.42. The molecule has 0 spiro atoms. The van der Waals surface area contributed by atoms with Gasteiger partial charge in [0.05, 0.1) is 6.33 Å². The molecule has 8 nitrogen and oxygen atoms in total. The normalized spacial score (nSPS) is 20.8. The van der Waals surface area contributed by atoms with Crippen molar-refractivity contribution in [3.63, 3.8) is 0 Å². The molecule has 0 bridgehead atoms. The van der Waals surface area contributed by atoms with Gasteiger partial charge in [-0.1, -0.05) is 18.5 Å². The largest absolute Gasteiger partial charge is 0.341 e. The van der Waals surface area contributed by atoms with Crippen LogP contribution in [0.2, 0.25) is 5.15 Å². The van der Waals surface area contributed by atoms with Crippen LogP contribution in [0.1, 0.15) is 19.8 Å². The molecule has 1 unspecified atom stereocenters. The number of imidazole rings is 1. The van der Waals surface area contributed by atoms with Crippen LogP contribution in [0, 0.1) is 5.92 Å². The number of hydrogen-bond acceptors (Lipinski definition) is 5. The molecule has 0 aliphatic carbocycles. The highest BCUT2D eigenvalue weighted by Crippen LogP contribution is 2.21. The van der Waals surface area contributed by atoms with E-state index in [0.717, 1.165) is 12.8 Å². The summed E-state index contributed by atoms with van der Waals surface area (Å²) in [5.41, 5.74) is 0.797. The number of rotatable bonds is 3. The lowest BCUT2D eigenvalue weighted by atomic mass is 10.0. The second-order valence-corrected chi connectivity index (χ2v) is 7.18. The Morgan fingerprint density at radius 2 is 2.29 bits per heavy atom. The molecule has 0 amide bonds. The second kappa shape index (κ2) is 5.39. The summed E-state index contributed by atoms with van der Waals surface area (Å²) in [4.78, 5) is 14.7. The highest BCUT2D eigenvalue weighted by atomic mass is 35.5. The molecule has 10 heteroatoms. The Morgan fingerprint density at radius 3 is 3.05 bits per heavy atom. The van der Waals surface area contributed by atoms with E-state index in [1.807, 2.05) is 6.92 Å². The van der Waals surface area contributed by atoms with Gasteiger partial charge in [0.2, 0.25) is 5.95 Å². The van der Waals surface area contributed by atoms with Crippen LogP contribution in [0.25, 0.3) is 11.2 Å². The monoisotopic (exact) mass is 330 g/mol. The van der Waals surface area contributed by atoms with Crippen LogP contribution in [0.15, 0.2) is 6.33 Å². The molecule has 1 aliphatic heterocycles. The van der Waals surface area contributed by atoms with Crippen molar-refractivity contribution >= 4 is 38.9 Å². The summed E-state index contributed by atoms with van der Waals surface area (Å²) in [6.07, 6.45) is 3.31.